The van der Waals surface area contributed by atoms with Crippen LogP contribution in [0.4, 0.5) is 0 Å². The molecule has 1 N–H and O–H groups in total. The highest BCUT2D eigenvalue weighted by molar-refractivity contribution is 7.18. The zero-order valence-electron chi connectivity index (χ0n) is 12.1. The maximum absolute atomic E-state index is 12.6. The van der Waals surface area contributed by atoms with Crippen LogP contribution in [-0.4, -0.2) is 9.97 Å². The molecule has 3 aromatic rings. The van der Waals surface area contributed by atoms with E-state index in [0.717, 1.165) is 35.0 Å². The number of aromatic amines is 1. The number of H-pyrrole nitrogens is 1. The molecule has 1 atom stereocenters. The average Bonchev–Trinajstić information content (AvgIpc) is 2.85. The van der Waals surface area contributed by atoms with Gasteiger partial charge in [-0.25, -0.2) is 4.98 Å². The average molecular weight is 331 g/mol. The third-order valence-electron chi connectivity index (χ3n) is 4.29. The lowest BCUT2D eigenvalue weighted by Crippen LogP contribution is -2.13. The highest BCUT2D eigenvalue weighted by Crippen LogP contribution is 2.36. The number of rotatable bonds is 1. The molecule has 2 aromatic heterocycles. The first-order chi connectivity index (χ1) is 10.6. The van der Waals surface area contributed by atoms with E-state index in [2.05, 4.69) is 16.9 Å². The molecule has 0 bridgehead atoms. The van der Waals surface area contributed by atoms with Crippen molar-refractivity contribution >= 4 is 33.2 Å². The van der Waals surface area contributed by atoms with E-state index in [1.54, 1.807) is 11.3 Å². The Labute approximate surface area is 137 Å². The number of thiophene rings is 1. The largest absolute Gasteiger partial charge is 0.306 e. The standard InChI is InChI=1S/C17H15ClN2OS/c1-9-6-7-11-13(8-9)22-17-14(11)16(21)19-15(20-17)10-4-2-3-5-12(10)18/h2-5,9H,6-8H2,1H3,(H,19,20,21). The van der Waals surface area contributed by atoms with Gasteiger partial charge in [0.15, 0.2) is 0 Å². The summed E-state index contributed by atoms with van der Waals surface area (Å²) in [5.74, 6) is 1.23. The highest BCUT2D eigenvalue weighted by Gasteiger charge is 2.23. The number of hydrogen-bond acceptors (Lipinski definition) is 3. The van der Waals surface area contributed by atoms with E-state index in [1.807, 2.05) is 24.3 Å². The molecule has 1 aromatic carbocycles. The molecular formula is C17H15ClN2OS. The Kier molecular flexibility index (Phi) is 3.31. The molecule has 0 spiro atoms. The van der Waals surface area contributed by atoms with Crippen molar-refractivity contribution in [2.75, 3.05) is 0 Å². The summed E-state index contributed by atoms with van der Waals surface area (Å²) in [7, 11) is 0. The summed E-state index contributed by atoms with van der Waals surface area (Å²) in [4.78, 5) is 22.3. The Morgan fingerprint density at radius 3 is 3.00 bits per heavy atom. The molecule has 22 heavy (non-hydrogen) atoms. The van der Waals surface area contributed by atoms with Crippen LogP contribution in [0.1, 0.15) is 23.8 Å². The van der Waals surface area contributed by atoms with Gasteiger partial charge < -0.3 is 4.98 Å². The van der Waals surface area contributed by atoms with E-state index in [4.69, 9.17) is 11.6 Å². The predicted molar refractivity (Wildman–Crippen MR) is 91.9 cm³/mol. The van der Waals surface area contributed by atoms with E-state index in [-0.39, 0.29) is 5.56 Å². The Morgan fingerprint density at radius 1 is 1.36 bits per heavy atom. The third kappa shape index (κ3) is 2.18. The fourth-order valence-corrected chi connectivity index (χ4v) is 4.74. The molecule has 112 valence electrons. The van der Waals surface area contributed by atoms with Gasteiger partial charge in [0.1, 0.15) is 10.7 Å². The Morgan fingerprint density at radius 2 is 2.18 bits per heavy atom. The molecule has 4 rings (SSSR count). The maximum Gasteiger partial charge on any atom is 0.260 e. The summed E-state index contributed by atoms with van der Waals surface area (Å²) in [5.41, 5.74) is 1.92. The van der Waals surface area contributed by atoms with Crippen LogP contribution in [0.2, 0.25) is 5.02 Å². The Bertz CT molecular complexity index is 928. The number of nitrogens with zero attached hydrogens (tertiary/aromatic N) is 1. The second kappa shape index (κ2) is 5.21. The first kappa shape index (κ1) is 14.0. The quantitative estimate of drug-likeness (QED) is 0.717. The number of aryl methyl sites for hydroxylation is 1. The maximum atomic E-state index is 12.6. The van der Waals surface area contributed by atoms with Gasteiger partial charge in [-0.05, 0) is 42.9 Å². The Balaban J connectivity index is 1.95. The van der Waals surface area contributed by atoms with Crippen LogP contribution < -0.4 is 5.56 Å². The number of nitrogens with one attached hydrogen (secondary N) is 1. The number of hydrogen-bond donors (Lipinski definition) is 1. The monoisotopic (exact) mass is 330 g/mol. The van der Waals surface area contributed by atoms with Crippen LogP contribution in [0.3, 0.4) is 0 Å². The molecule has 1 unspecified atom stereocenters. The summed E-state index contributed by atoms with van der Waals surface area (Å²) >= 11 is 7.88. The summed E-state index contributed by atoms with van der Waals surface area (Å²) in [6.45, 7) is 2.26. The van der Waals surface area contributed by atoms with Gasteiger partial charge in [-0.15, -0.1) is 11.3 Å². The van der Waals surface area contributed by atoms with Gasteiger partial charge >= 0.3 is 0 Å². The lowest BCUT2D eigenvalue weighted by molar-refractivity contribution is 0.509. The van der Waals surface area contributed by atoms with Gasteiger partial charge in [-0.3, -0.25) is 4.79 Å². The number of benzene rings is 1. The molecule has 0 radical (unpaired) electrons. The van der Waals surface area contributed by atoms with Crippen molar-refractivity contribution < 1.29 is 0 Å². The summed E-state index contributed by atoms with van der Waals surface area (Å²) in [5, 5.41) is 1.38. The zero-order valence-corrected chi connectivity index (χ0v) is 13.7. The van der Waals surface area contributed by atoms with Crippen molar-refractivity contribution in [1.82, 2.24) is 9.97 Å². The molecule has 0 saturated heterocycles. The SMILES string of the molecule is CC1CCc2c(sc3nc(-c4ccccc4Cl)[nH]c(=O)c23)C1. The lowest BCUT2D eigenvalue weighted by Gasteiger charge is -2.17. The van der Waals surface area contributed by atoms with Crippen molar-refractivity contribution in [3.8, 4) is 11.4 Å². The van der Waals surface area contributed by atoms with E-state index in [1.165, 1.54) is 10.4 Å². The molecule has 0 fully saturated rings. The number of aromatic nitrogens is 2. The molecule has 2 heterocycles. The van der Waals surface area contributed by atoms with E-state index in [9.17, 15) is 4.79 Å². The van der Waals surface area contributed by atoms with Gasteiger partial charge in [0, 0.05) is 10.4 Å². The highest BCUT2D eigenvalue weighted by atomic mass is 35.5. The smallest absolute Gasteiger partial charge is 0.260 e. The van der Waals surface area contributed by atoms with E-state index < -0.39 is 0 Å². The van der Waals surface area contributed by atoms with Crippen LogP contribution in [0.25, 0.3) is 21.6 Å². The van der Waals surface area contributed by atoms with Gasteiger partial charge in [-0.1, -0.05) is 30.7 Å². The molecule has 1 aliphatic carbocycles. The van der Waals surface area contributed by atoms with Gasteiger partial charge in [0.2, 0.25) is 0 Å². The molecule has 0 saturated carbocycles. The third-order valence-corrected chi connectivity index (χ3v) is 5.77. The predicted octanol–water partition coefficient (Wildman–Crippen LogP) is 4.43. The van der Waals surface area contributed by atoms with Crippen molar-refractivity contribution in [2.24, 2.45) is 5.92 Å². The van der Waals surface area contributed by atoms with Crippen LogP contribution in [0.5, 0.6) is 0 Å². The number of fused-ring (bicyclic) bond motifs is 3. The van der Waals surface area contributed by atoms with Crippen molar-refractivity contribution in [3.63, 3.8) is 0 Å². The normalized spacial score (nSPS) is 17.6. The van der Waals surface area contributed by atoms with Crippen molar-refractivity contribution in [3.05, 3.63) is 50.1 Å². The van der Waals surface area contributed by atoms with Crippen LogP contribution in [-0.2, 0) is 12.8 Å². The second-order valence-corrected chi connectivity index (χ2v) is 7.42. The first-order valence-corrected chi connectivity index (χ1v) is 8.62. The van der Waals surface area contributed by atoms with Gasteiger partial charge in [0.05, 0.1) is 10.4 Å². The minimum atomic E-state index is -0.0491. The minimum Gasteiger partial charge on any atom is -0.306 e. The molecule has 3 nitrogen and oxygen atoms in total. The van der Waals surface area contributed by atoms with Crippen LogP contribution >= 0.6 is 22.9 Å². The first-order valence-electron chi connectivity index (χ1n) is 7.43. The fourth-order valence-electron chi connectivity index (χ4n) is 3.13. The molecule has 1 aliphatic rings. The van der Waals surface area contributed by atoms with Crippen LogP contribution in [0, 0.1) is 5.92 Å². The lowest BCUT2D eigenvalue weighted by atomic mass is 9.89. The van der Waals surface area contributed by atoms with Gasteiger partial charge in [0.25, 0.3) is 5.56 Å². The van der Waals surface area contributed by atoms with Crippen molar-refractivity contribution in [1.29, 1.82) is 0 Å². The van der Waals surface area contributed by atoms with Gasteiger partial charge in [-0.2, -0.15) is 0 Å². The van der Waals surface area contributed by atoms with E-state index in [0.29, 0.717) is 16.8 Å². The van der Waals surface area contributed by atoms with Crippen LogP contribution in [0.15, 0.2) is 29.1 Å². The second-order valence-electron chi connectivity index (χ2n) is 5.93. The topological polar surface area (TPSA) is 45.8 Å². The molecule has 5 heteroatoms. The Hall–Kier alpha value is -1.65. The zero-order chi connectivity index (χ0) is 15.3. The van der Waals surface area contributed by atoms with Crippen molar-refractivity contribution in [2.45, 2.75) is 26.2 Å². The summed E-state index contributed by atoms with van der Waals surface area (Å²) in [6, 6.07) is 7.45. The molecular weight excluding hydrogens is 316 g/mol. The summed E-state index contributed by atoms with van der Waals surface area (Å²) < 4.78 is 0. The fraction of sp³-hybridized carbons (Fsp3) is 0.294. The molecule has 0 aliphatic heterocycles. The minimum absolute atomic E-state index is 0.0491. The molecule has 0 amide bonds. The summed E-state index contributed by atoms with van der Waals surface area (Å²) in [6.07, 6.45) is 3.18. The number of halogens is 1. The van der Waals surface area contributed by atoms with E-state index >= 15 is 0 Å².